The van der Waals surface area contributed by atoms with E-state index in [2.05, 4.69) is 16.0 Å². The molecule has 0 aromatic heterocycles. The zero-order valence-corrected chi connectivity index (χ0v) is 14.4. The van der Waals surface area contributed by atoms with Crippen LogP contribution in [0.3, 0.4) is 0 Å². The van der Waals surface area contributed by atoms with Gasteiger partial charge in [0, 0.05) is 23.9 Å². The molecule has 0 saturated heterocycles. The van der Waals surface area contributed by atoms with E-state index in [1.165, 1.54) is 6.92 Å². The van der Waals surface area contributed by atoms with Crippen molar-refractivity contribution in [3.63, 3.8) is 0 Å². The molecule has 0 saturated carbocycles. The van der Waals surface area contributed by atoms with Crippen molar-refractivity contribution >= 4 is 29.1 Å². The fourth-order valence-corrected chi connectivity index (χ4v) is 2.27. The fourth-order valence-electron chi connectivity index (χ4n) is 2.27. The van der Waals surface area contributed by atoms with Gasteiger partial charge < -0.3 is 16.0 Å². The summed E-state index contributed by atoms with van der Waals surface area (Å²) in [7, 11) is 0. The van der Waals surface area contributed by atoms with Gasteiger partial charge in [0.25, 0.3) is 5.91 Å². The number of anilines is 2. The lowest BCUT2D eigenvalue weighted by atomic mass is 10.1. The number of benzene rings is 2. The summed E-state index contributed by atoms with van der Waals surface area (Å²) in [5, 5.41) is 8.15. The second-order valence-corrected chi connectivity index (χ2v) is 5.71. The minimum Gasteiger partial charge on any atom is -0.341 e. The smallest absolute Gasteiger partial charge is 0.251 e. The summed E-state index contributed by atoms with van der Waals surface area (Å²) < 4.78 is 0. The van der Waals surface area contributed by atoms with Crippen LogP contribution in [0.4, 0.5) is 11.4 Å². The maximum atomic E-state index is 12.4. The van der Waals surface area contributed by atoms with Crippen LogP contribution in [-0.4, -0.2) is 23.8 Å². The Morgan fingerprint density at radius 1 is 0.880 bits per heavy atom. The summed E-state index contributed by atoms with van der Waals surface area (Å²) in [5.41, 5.74) is 2.45. The third-order valence-electron chi connectivity index (χ3n) is 3.68. The van der Waals surface area contributed by atoms with Gasteiger partial charge in [-0.15, -0.1) is 0 Å². The Morgan fingerprint density at radius 3 is 2.08 bits per heavy atom. The maximum absolute atomic E-state index is 12.4. The maximum Gasteiger partial charge on any atom is 0.251 e. The molecule has 0 aliphatic heterocycles. The number of amides is 3. The third kappa shape index (κ3) is 4.91. The molecular weight excluding hydrogens is 318 g/mol. The first-order valence-corrected chi connectivity index (χ1v) is 7.92. The molecule has 0 bridgehead atoms. The molecule has 2 aromatic carbocycles. The van der Waals surface area contributed by atoms with Gasteiger partial charge in [-0.3, -0.25) is 14.4 Å². The predicted molar refractivity (Wildman–Crippen MR) is 97.5 cm³/mol. The van der Waals surface area contributed by atoms with E-state index in [9.17, 15) is 14.4 Å². The summed E-state index contributed by atoms with van der Waals surface area (Å²) in [6, 6.07) is 13.2. The summed E-state index contributed by atoms with van der Waals surface area (Å²) in [6.07, 6.45) is 0. The predicted octanol–water partition coefficient (Wildman–Crippen LogP) is 2.71. The van der Waals surface area contributed by atoms with Gasteiger partial charge in [-0.05, 0) is 43.7 Å². The second-order valence-electron chi connectivity index (χ2n) is 5.71. The lowest BCUT2D eigenvalue weighted by molar-refractivity contribution is -0.117. The molecule has 0 spiro atoms. The molecule has 3 N–H and O–H groups in total. The molecule has 0 aliphatic carbocycles. The lowest BCUT2D eigenvalue weighted by Crippen LogP contribution is -2.41. The van der Waals surface area contributed by atoms with Crippen molar-refractivity contribution in [1.29, 1.82) is 0 Å². The minimum atomic E-state index is -0.712. The fraction of sp³-hybridized carbons (Fsp3) is 0.211. The molecule has 0 radical (unpaired) electrons. The average molecular weight is 339 g/mol. The second kappa shape index (κ2) is 8.10. The van der Waals surface area contributed by atoms with E-state index in [0.29, 0.717) is 16.9 Å². The molecule has 0 fully saturated rings. The highest BCUT2D eigenvalue weighted by Crippen LogP contribution is 2.23. The van der Waals surface area contributed by atoms with Crippen molar-refractivity contribution in [2.45, 2.75) is 26.8 Å². The van der Waals surface area contributed by atoms with Crippen LogP contribution in [0.2, 0.25) is 0 Å². The number of carbonyl (C=O) groups excluding carboxylic acids is 3. The van der Waals surface area contributed by atoms with E-state index in [1.807, 2.05) is 6.07 Å². The molecule has 0 heterocycles. The Bertz CT molecular complexity index is 788. The van der Waals surface area contributed by atoms with Crippen molar-refractivity contribution in [2.75, 3.05) is 10.6 Å². The van der Waals surface area contributed by atoms with Crippen LogP contribution in [0.25, 0.3) is 0 Å². The molecule has 2 aromatic rings. The molecule has 0 aliphatic rings. The van der Waals surface area contributed by atoms with Gasteiger partial charge in [0.05, 0.1) is 0 Å². The first-order chi connectivity index (χ1) is 11.9. The van der Waals surface area contributed by atoms with Gasteiger partial charge in [0.1, 0.15) is 6.04 Å². The Kier molecular flexibility index (Phi) is 5.89. The van der Waals surface area contributed by atoms with E-state index in [1.54, 1.807) is 56.3 Å². The summed E-state index contributed by atoms with van der Waals surface area (Å²) in [5.74, 6) is -0.839. The zero-order valence-electron chi connectivity index (χ0n) is 14.4. The molecule has 25 heavy (non-hydrogen) atoms. The highest BCUT2D eigenvalue weighted by molar-refractivity contribution is 6.01. The average Bonchev–Trinajstić information content (AvgIpc) is 2.58. The summed E-state index contributed by atoms with van der Waals surface area (Å²) >= 11 is 0. The molecule has 1 unspecified atom stereocenters. The molecule has 2 rings (SSSR count). The van der Waals surface area contributed by atoms with E-state index < -0.39 is 6.04 Å². The topological polar surface area (TPSA) is 87.3 Å². The Labute approximate surface area is 146 Å². The van der Waals surface area contributed by atoms with Crippen LogP contribution in [-0.2, 0) is 9.59 Å². The van der Waals surface area contributed by atoms with E-state index in [4.69, 9.17) is 0 Å². The first-order valence-electron chi connectivity index (χ1n) is 7.92. The Hall–Kier alpha value is -3.15. The Morgan fingerprint density at radius 2 is 1.48 bits per heavy atom. The Balaban J connectivity index is 2.04. The normalized spacial score (nSPS) is 11.3. The number of hydrogen-bond donors (Lipinski definition) is 3. The highest BCUT2D eigenvalue weighted by atomic mass is 16.2. The number of nitrogens with one attached hydrogen (secondary N) is 3. The number of hydrogen-bond acceptors (Lipinski definition) is 3. The van der Waals surface area contributed by atoms with Crippen LogP contribution in [0.1, 0.15) is 29.8 Å². The van der Waals surface area contributed by atoms with Gasteiger partial charge in [-0.2, -0.15) is 0 Å². The monoisotopic (exact) mass is 339 g/mol. The van der Waals surface area contributed by atoms with Gasteiger partial charge in [-0.25, -0.2) is 0 Å². The van der Waals surface area contributed by atoms with Crippen LogP contribution in [0.5, 0.6) is 0 Å². The van der Waals surface area contributed by atoms with Gasteiger partial charge in [-0.1, -0.05) is 24.3 Å². The van der Waals surface area contributed by atoms with Gasteiger partial charge in [0.15, 0.2) is 0 Å². The SMILES string of the molecule is CC(=O)Nc1cccc(NC(=O)C(C)NC(=O)c2ccccc2)c1C. The largest absolute Gasteiger partial charge is 0.341 e. The molecule has 6 heteroatoms. The van der Waals surface area contributed by atoms with E-state index in [-0.39, 0.29) is 17.7 Å². The third-order valence-corrected chi connectivity index (χ3v) is 3.68. The van der Waals surface area contributed by atoms with E-state index >= 15 is 0 Å². The van der Waals surface area contributed by atoms with E-state index in [0.717, 1.165) is 5.56 Å². The summed E-state index contributed by atoms with van der Waals surface area (Å²) in [4.78, 5) is 35.7. The minimum absolute atomic E-state index is 0.185. The van der Waals surface area contributed by atoms with Gasteiger partial charge in [0.2, 0.25) is 11.8 Å². The molecule has 6 nitrogen and oxygen atoms in total. The van der Waals surface area contributed by atoms with Crippen molar-refractivity contribution in [3.8, 4) is 0 Å². The van der Waals surface area contributed by atoms with Crippen molar-refractivity contribution in [2.24, 2.45) is 0 Å². The van der Waals surface area contributed by atoms with Crippen LogP contribution < -0.4 is 16.0 Å². The molecular formula is C19H21N3O3. The van der Waals surface area contributed by atoms with Gasteiger partial charge >= 0.3 is 0 Å². The van der Waals surface area contributed by atoms with Crippen molar-refractivity contribution in [1.82, 2.24) is 5.32 Å². The van der Waals surface area contributed by atoms with Crippen LogP contribution >= 0.6 is 0 Å². The standard InChI is InChI=1S/C19H21N3O3/c1-12-16(21-14(3)23)10-7-11-17(12)22-18(24)13(2)20-19(25)15-8-5-4-6-9-15/h4-11,13H,1-3H3,(H,20,25)(H,21,23)(H,22,24). The zero-order chi connectivity index (χ0) is 18.4. The quantitative estimate of drug-likeness (QED) is 0.783. The molecule has 3 amide bonds. The van der Waals surface area contributed by atoms with Crippen LogP contribution in [0, 0.1) is 6.92 Å². The molecule has 130 valence electrons. The van der Waals surface area contributed by atoms with Crippen molar-refractivity contribution < 1.29 is 14.4 Å². The van der Waals surface area contributed by atoms with Crippen LogP contribution in [0.15, 0.2) is 48.5 Å². The summed E-state index contributed by atoms with van der Waals surface area (Å²) in [6.45, 7) is 4.84. The molecule has 1 atom stereocenters. The highest BCUT2D eigenvalue weighted by Gasteiger charge is 2.17. The van der Waals surface area contributed by atoms with Crippen molar-refractivity contribution in [3.05, 3.63) is 59.7 Å². The first kappa shape index (κ1) is 18.2. The lowest BCUT2D eigenvalue weighted by Gasteiger charge is -2.17. The number of carbonyl (C=O) groups is 3. The number of rotatable bonds is 5.